The third-order valence-electron chi connectivity index (χ3n) is 5.09. The van der Waals surface area contributed by atoms with Gasteiger partial charge >= 0.3 is 0 Å². The molecule has 2 amide bonds. The van der Waals surface area contributed by atoms with E-state index in [9.17, 15) is 14.0 Å². The number of thiazole rings is 1. The first-order valence-corrected chi connectivity index (χ1v) is 12.0. The zero-order valence-electron chi connectivity index (χ0n) is 17.3. The molecule has 32 heavy (non-hydrogen) atoms. The molecule has 2 aromatic heterocycles. The summed E-state index contributed by atoms with van der Waals surface area (Å²) in [6, 6.07) is 9.87. The van der Waals surface area contributed by atoms with Crippen molar-refractivity contribution in [3.63, 3.8) is 0 Å². The number of amides is 2. The summed E-state index contributed by atoms with van der Waals surface area (Å²) in [5, 5.41) is 9.80. The summed E-state index contributed by atoms with van der Waals surface area (Å²) in [7, 11) is 0. The van der Waals surface area contributed by atoms with E-state index in [1.165, 1.54) is 34.8 Å². The number of thiophene rings is 1. The maximum absolute atomic E-state index is 13.4. The Balaban J connectivity index is 1.33. The second kappa shape index (κ2) is 10.8. The van der Waals surface area contributed by atoms with Crippen LogP contribution in [0.1, 0.15) is 27.0 Å². The quantitative estimate of drug-likeness (QED) is 0.523. The SMILES string of the molecule is O=C(Cc1csc(NC(=O)c2cccs2)n1)NCC(c1ccc(F)cc1)N1CCOCC1. The van der Waals surface area contributed by atoms with Gasteiger partial charge in [0.2, 0.25) is 5.91 Å². The Morgan fingerprint density at radius 1 is 1.16 bits per heavy atom. The van der Waals surface area contributed by atoms with Crippen LogP contribution in [0.4, 0.5) is 9.52 Å². The molecule has 1 fully saturated rings. The molecule has 3 aromatic rings. The molecule has 168 valence electrons. The number of ether oxygens (including phenoxy) is 1. The van der Waals surface area contributed by atoms with Gasteiger partial charge in [0.15, 0.2) is 5.13 Å². The fraction of sp³-hybridized carbons (Fsp3) is 0.318. The van der Waals surface area contributed by atoms with Crippen molar-refractivity contribution in [3.8, 4) is 0 Å². The second-order valence-electron chi connectivity index (χ2n) is 7.27. The molecule has 4 rings (SSSR count). The summed E-state index contributed by atoms with van der Waals surface area (Å²) < 4.78 is 18.8. The van der Waals surface area contributed by atoms with E-state index in [0.717, 1.165) is 18.7 Å². The lowest BCUT2D eigenvalue weighted by atomic mass is 10.0. The van der Waals surface area contributed by atoms with Gasteiger partial charge in [-0.3, -0.25) is 19.8 Å². The van der Waals surface area contributed by atoms with Crippen molar-refractivity contribution < 1.29 is 18.7 Å². The van der Waals surface area contributed by atoms with Crippen molar-refractivity contribution >= 4 is 39.6 Å². The lowest BCUT2D eigenvalue weighted by Gasteiger charge is -2.35. The van der Waals surface area contributed by atoms with Crippen molar-refractivity contribution in [3.05, 3.63) is 69.1 Å². The Morgan fingerprint density at radius 2 is 1.94 bits per heavy atom. The minimum Gasteiger partial charge on any atom is -0.379 e. The molecule has 1 atom stereocenters. The standard InChI is InChI=1S/C22H23FN4O3S2/c23-16-5-3-15(4-6-16)18(27-7-9-30-10-8-27)13-24-20(28)12-17-14-32-22(25-17)26-21(29)19-2-1-11-31-19/h1-6,11,14,18H,7-10,12-13H2,(H,24,28)(H,25,26,29). The van der Waals surface area contributed by atoms with E-state index in [1.807, 2.05) is 11.4 Å². The van der Waals surface area contributed by atoms with Gasteiger partial charge in [-0.1, -0.05) is 18.2 Å². The van der Waals surface area contributed by atoms with Gasteiger partial charge in [0.25, 0.3) is 5.91 Å². The Labute approximate surface area is 193 Å². The minimum atomic E-state index is -0.288. The van der Waals surface area contributed by atoms with Crippen molar-refractivity contribution in [2.45, 2.75) is 12.5 Å². The summed E-state index contributed by atoms with van der Waals surface area (Å²) in [4.78, 5) is 31.9. The van der Waals surface area contributed by atoms with E-state index >= 15 is 0 Å². The van der Waals surface area contributed by atoms with Crippen LogP contribution < -0.4 is 10.6 Å². The van der Waals surface area contributed by atoms with Gasteiger partial charge in [-0.05, 0) is 29.1 Å². The highest BCUT2D eigenvalue weighted by Crippen LogP contribution is 2.22. The van der Waals surface area contributed by atoms with E-state index in [4.69, 9.17) is 4.74 Å². The lowest BCUT2D eigenvalue weighted by molar-refractivity contribution is -0.120. The highest BCUT2D eigenvalue weighted by Gasteiger charge is 2.23. The molecule has 1 aliphatic heterocycles. The molecule has 2 N–H and O–H groups in total. The average Bonchev–Trinajstić information content (AvgIpc) is 3.48. The maximum Gasteiger partial charge on any atom is 0.267 e. The number of aromatic nitrogens is 1. The molecular weight excluding hydrogens is 451 g/mol. The fourth-order valence-corrected chi connectivity index (χ4v) is 4.81. The highest BCUT2D eigenvalue weighted by atomic mass is 32.1. The maximum atomic E-state index is 13.4. The molecule has 7 nitrogen and oxygen atoms in total. The van der Waals surface area contributed by atoms with Crippen LogP contribution in [-0.2, 0) is 16.0 Å². The van der Waals surface area contributed by atoms with E-state index in [2.05, 4.69) is 20.5 Å². The molecule has 10 heteroatoms. The van der Waals surface area contributed by atoms with Gasteiger partial charge in [0, 0.05) is 25.0 Å². The highest BCUT2D eigenvalue weighted by molar-refractivity contribution is 7.14. The second-order valence-corrected chi connectivity index (χ2v) is 9.08. The third-order valence-corrected chi connectivity index (χ3v) is 6.77. The number of carbonyl (C=O) groups is 2. The number of rotatable bonds is 8. The van der Waals surface area contributed by atoms with Crippen LogP contribution in [0.15, 0.2) is 47.2 Å². The molecule has 1 saturated heterocycles. The molecule has 1 aromatic carbocycles. The first-order chi connectivity index (χ1) is 15.6. The zero-order valence-corrected chi connectivity index (χ0v) is 18.9. The topological polar surface area (TPSA) is 83.6 Å². The minimum absolute atomic E-state index is 0.0699. The molecule has 0 bridgehead atoms. The first-order valence-electron chi connectivity index (χ1n) is 10.2. The summed E-state index contributed by atoms with van der Waals surface area (Å²) >= 11 is 2.64. The Bertz CT molecular complexity index is 1030. The number of carbonyl (C=O) groups excluding carboxylic acids is 2. The number of benzene rings is 1. The first kappa shape index (κ1) is 22.5. The number of nitrogens with one attached hydrogen (secondary N) is 2. The number of morpholine rings is 1. The summed E-state index contributed by atoms with van der Waals surface area (Å²) in [6.07, 6.45) is 0.116. The van der Waals surface area contributed by atoms with Crippen LogP contribution in [-0.4, -0.2) is 54.5 Å². The number of nitrogens with zero attached hydrogens (tertiary/aromatic N) is 2. The van der Waals surface area contributed by atoms with E-state index in [1.54, 1.807) is 23.6 Å². The summed E-state index contributed by atoms with van der Waals surface area (Å²) in [5.74, 6) is -0.658. The van der Waals surface area contributed by atoms with Crippen LogP contribution in [0.25, 0.3) is 0 Å². The van der Waals surface area contributed by atoms with Crippen molar-refractivity contribution in [1.29, 1.82) is 0 Å². The van der Waals surface area contributed by atoms with E-state index in [-0.39, 0.29) is 30.1 Å². The Kier molecular flexibility index (Phi) is 7.59. The predicted octanol–water partition coefficient (Wildman–Crippen LogP) is 3.33. The fourth-order valence-electron chi connectivity index (χ4n) is 3.48. The van der Waals surface area contributed by atoms with Gasteiger partial charge in [-0.15, -0.1) is 22.7 Å². The van der Waals surface area contributed by atoms with E-state index in [0.29, 0.717) is 35.5 Å². The van der Waals surface area contributed by atoms with Crippen LogP contribution in [0.2, 0.25) is 0 Å². The number of hydrogen-bond donors (Lipinski definition) is 2. The Morgan fingerprint density at radius 3 is 2.66 bits per heavy atom. The predicted molar refractivity (Wildman–Crippen MR) is 123 cm³/mol. The third kappa shape index (κ3) is 5.98. The molecular formula is C22H23FN4O3S2. The van der Waals surface area contributed by atoms with Crippen molar-refractivity contribution in [1.82, 2.24) is 15.2 Å². The van der Waals surface area contributed by atoms with Crippen LogP contribution in [0.3, 0.4) is 0 Å². The molecule has 0 aliphatic carbocycles. The largest absolute Gasteiger partial charge is 0.379 e. The molecule has 1 unspecified atom stereocenters. The van der Waals surface area contributed by atoms with Gasteiger partial charge in [0.05, 0.1) is 36.2 Å². The lowest BCUT2D eigenvalue weighted by Crippen LogP contribution is -2.44. The van der Waals surface area contributed by atoms with Gasteiger partial charge < -0.3 is 10.1 Å². The molecule has 0 radical (unpaired) electrons. The zero-order chi connectivity index (χ0) is 22.3. The van der Waals surface area contributed by atoms with Gasteiger partial charge in [0.1, 0.15) is 5.82 Å². The number of anilines is 1. The Hall–Kier alpha value is -2.66. The van der Waals surface area contributed by atoms with Crippen LogP contribution >= 0.6 is 22.7 Å². The van der Waals surface area contributed by atoms with Crippen molar-refractivity contribution in [2.24, 2.45) is 0 Å². The number of hydrogen-bond acceptors (Lipinski definition) is 7. The average molecular weight is 475 g/mol. The summed E-state index contributed by atoms with van der Waals surface area (Å²) in [6.45, 7) is 3.15. The van der Waals surface area contributed by atoms with Crippen LogP contribution in [0.5, 0.6) is 0 Å². The van der Waals surface area contributed by atoms with Gasteiger partial charge in [-0.25, -0.2) is 9.37 Å². The van der Waals surface area contributed by atoms with Crippen molar-refractivity contribution in [2.75, 3.05) is 38.2 Å². The normalized spacial score (nSPS) is 15.3. The molecule has 0 spiro atoms. The molecule has 1 aliphatic rings. The number of halogens is 1. The molecule has 0 saturated carbocycles. The van der Waals surface area contributed by atoms with Crippen LogP contribution in [0, 0.1) is 5.82 Å². The molecule has 3 heterocycles. The monoisotopic (exact) mass is 474 g/mol. The van der Waals surface area contributed by atoms with Gasteiger partial charge in [-0.2, -0.15) is 0 Å². The smallest absolute Gasteiger partial charge is 0.267 e. The summed E-state index contributed by atoms with van der Waals surface area (Å²) in [5.41, 5.74) is 1.54. The van der Waals surface area contributed by atoms with E-state index < -0.39 is 0 Å².